The first-order valence-electron chi connectivity index (χ1n) is 24.6. The van der Waals surface area contributed by atoms with Gasteiger partial charge < -0.3 is 18.9 Å². The smallest absolute Gasteiger partial charge is 0.134 e. The molecule has 7 aromatic rings. The topological polar surface area (TPSA) is 54.0 Å². The van der Waals surface area contributed by atoms with Gasteiger partial charge in [-0.2, -0.15) is 0 Å². The highest BCUT2D eigenvalue weighted by atomic mass is 31.1. The van der Waals surface area contributed by atoms with E-state index in [0.717, 1.165) is 56.4 Å². The van der Waals surface area contributed by atoms with Gasteiger partial charge >= 0.3 is 0 Å². The molecule has 0 radical (unpaired) electrons. The lowest BCUT2D eigenvalue weighted by molar-refractivity contribution is -0.119. The van der Waals surface area contributed by atoms with Crippen molar-refractivity contribution in [2.75, 3.05) is 28.4 Å². The van der Waals surface area contributed by atoms with Gasteiger partial charge in [0.2, 0.25) is 0 Å². The Morgan fingerprint density at radius 3 is 1.07 bits per heavy atom. The zero-order valence-corrected chi connectivity index (χ0v) is 43.5. The van der Waals surface area contributed by atoms with Crippen molar-refractivity contribution in [2.24, 2.45) is 0 Å². The van der Waals surface area contributed by atoms with E-state index < -0.39 is 7.92 Å². The van der Waals surface area contributed by atoms with Crippen molar-refractivity contribution >= 4 is 19.0 Å². The first-order valence-corrected chi connectivity index (χ1v) is 26.1. The van der Waals surface area contributed by atoms with Crippen molar-refractivity contribution in [3.63, 3.8) is 0 Å². The van der Waals surface area contributed by atoms with Crippen LogP contribution in [0.15, 0.2) is 140 Å². The van der Waals surface area contributed by atoms with Gasteiger partial charge in [0, 0.05) is 35.3 Å². The van der Waals surface area contributed by atoms with Gasteiger partial charge in [-0.05, 0) is 132 Å². The number of hydrogen-bond donors (Lipinski definition) is 0. The summed E-state index contributed by atoms with van der Waals surface area (Å²) in [7, 11) is 5.76. The molecule has 69 heavy (non-hydrogen) atoms. The molecule has 356 valence electrons. The Morgan fingerprint density at radius 1 is 0.420 bits per heavy atom. The largest absolute Gasteiger partial charge is 0.497 e. The van der Waals surface area contributed by atoms with Crippen LogP contribution in [0.2, 0.25) is 0 Å². The summed E-state index contributed by atoms with van der Waals surface area (Å²) in [6.07, 6.45) is 0.917. The highest BCUT2D eigenvalue weighted by Gasteiger charge is 2.43. The van der Waals surface area contributed by atoms with E-state index in [-0.39, 0.29) is 40.8 Å². The monoisotopic (exact) mass is 936 g/mol. The van der Waals surface area contributed by atoms with E-state index in [0.29, 0.717) is 12.8 Å². The second-order valence-corrected chi connectivity index (χ2v) is 22.2. The third-order valence-electron chi connectivity index (χ3n) is 14.1. The van der Waals surface area contributed by atoms with Crippen LogP contribution in [0.1, 0.15) is 137 Å². The summed E-state index contributed by atoms with van der Waals surface area (Å²) in [5.74, 6) is 4.37. The van der Waals surface area contributed by atoms with Gasteiger partial charge in [-0.3, -0.25) is 4.79 Å². The molecule has 0 N–H and O–H groups in total. The molecule has 1 saturated heterocycles. The number of benzene rings is 7. The fraction of sp³-hybridized carbons (Fsp3) is 0.317. The predicted molar refractivity (Wildman–Crippen MR) is 290 cm³/mol. The van der Waals surface area contributed by atoms with Crippen LogP contribution in [0, 0.1) is 0 Å². The molecule has 0 aliphatic carbocycles. The van der Waals surface area contributed by atoms with E-state index in [1.54, 1.807) is 28.4 Å². The molecule has 2 atom stereocenters. The second-order valence-electron chi connectivity index (χ2n) is 19.7. The third-order valence-corrected chi connectivity index (χ3v) is 17.4. The summed E-state index contributed by atoms with van der Waals surface area (Å²) in [6.45, 7) is 18.6. The minimum Gasteiger partial charge on any atom is -0.497 e. The van der Waals surface area contributed by atoms with Crippen LogP contribution in [-0.2, 0) is 4.79 Å². The Balaban J connectivity index is 1.55. The molecule has 1 fully saturated rings. The summed E-state index contributed by atoms with van der Waals surface area (Å²) < 4.78 is 23.4. The molecule has 0 spiro atoms. The van der Waals surface area contributed by atoms with Gasteiger partial charge in [-0.15, -0.1) is 0 Å². The Labute approximate surface area is 413 Å². The third kappa shape index (κ3) is 9.86. The molecule has 0 aromatic heterocycles. The fourth-order valence-corrected chi connectivity index (χ4v) is 14.3. The van der Waals surface area contributed by atoms with Crippen molar-refractivity contribution in [1.82, 2.24) is 0 Å². The van der Waals surface area contributed by atoms with E-state index in [2.05, 4.69) is 183 Å². The molecule has 6 heteroatoms. The first-order chi connectivity index (χ1) is 33.3. The SMILES string of the molecule is COc1ccc(C2CC(=O)CC(c3ccc(OC)cc3)P2c2c(-c3c(C(C)C)cc(-c4ccccc4OC)cc3C(C)C)cccc2-c2c(C(C)C)cc(-c3ccccc3OC)cc2C(C)C)cc1. The van der Waals surface area contributed by atoms with Crippen LogP contribution >= 0.6 is 7.92 Å². The summed E-state index contributed by atoms with van der Waals surface area (Å²) in [6, 6.07) is 50.5. The number of Topliss-reactive ketones (excluding diaryl/α,β-unsaturated/α-hetero) is 1. The van der Waals surface area contributed by atoms with E-state index in [1.807, 2.05) is 12.1 Å². The van der Waals surface area contributed by atoms with Gasteiger partial charge in [0.1, 0.15) is 28.8 Å². The lowest BCUT2D eigenvalue weighted by atomic mass is 9.79. The first kappa shape index (κ1) is 49.3. The van der Waals surface area contributed by atoms with Crippen LogP contribution in [-0.4, -0.2) is 34.2 Å². The van der Waals surface area contributed by atoms with Crippen LogP contribution in [0.5, 0.6) is 23.0 Å². The van der Waals surface area contributed by atoms with Crippen molar-refractivity contribution in [2.45, 2.75) is 103 Å². The standard InChI is InChI=1S/C63H69O5P/c1-38(2)53-32-44(49-18-13-15-22-57(49)67-11)33-54(39(3)4)61(53)51-20-17-21-52(62-55(40(5)6)34-45(35-56(62)41(7)8)50-19-14-16-23-58(50)68-12)63(51)69-59(42-24-28-47(65-9)29-25-42)36-46(64)37-60(69)43-26-30-48(66-10)31-27-43/h13-35,38-41,59-60H,36-37H2,1-12H3. The summed E-state index contributed by atoms with van der Waals surface area (Å²) in [5, 5.41) is 1.35. The molecule has 1 heterocycles. The molecule has 1 aliphatic heterocycles. The molecule has 0 saturated carbocycles. The minimum absolute atomic E-state index is 0.0742. The molecule has 5 nitrogen and oxygen atoms in total. The van der Waals surface area contributed by atoms with Crippen molar-refractivity contribution in [3.8, 4) is 67.5 Å². The van der Waals surface area contributed by atoms with E-state index >= 15 is 0 Å². The Morgan fingerprint density at radius 2 is 0.754 bits per heavy atom. The number of rotatable bonds is 15. The average Bonchev–Trinajstić information content (AvgIpc) is 3.37. The lowest BCUT2D eigenvalue weighted by Crippen LogP contribution is -2.26. The van der Waals surface area contributed by atoms with Gasteiger partial charge in [0.15, 0.2) is 0 Å². The van der Waals surface area contributed by atoms with E-state index in [9.17, 15) is 4.79 Å². The number of ether oxygens (including phenoxy) is 4. The second kappa shape index (κ2) is 21.2. The van der Waals surface area contributed by atoms with Crippen LogP contribution in [0.4, 0.5) is 0 Å². The maximum absolute atomic E-state index is 14.5. The highest BCUT2D eigenvalue weighted by Crippen LogP contribution is 2.68. The predicted octanol–water partition coefficient (Wildman–Crippen LogP) is 16.8. The quantitative estimate of drug-likeness (QED) is 0.0959. The summed E-state index contributed by atoms with van der Waals surface area (Å²) in [4.78, 5) is 14.5. The van der Waals surface area contributed by atoms with Crippen molar-refractivity contribution in [1.29, 1.82) is 0 Å². The van der Waals surface area contributed by atoms with Crippen molar-refractivity contribution in [3.05, 3.63) is 173 Å². The zero-order valence-electron chi connectivity index (χ0n) is 42.6. The number of carbonyl (C=O) groups is 1. The normalized spacial score (nSPS) is 16.1. The molecule has 2 unspecified atom stereocenters. The molecule has 8 rings (SSSR count). The van der Waals surface area contributed by atoms with E-state index in [1.165, 1.54) is 49.8 Å². The van der Waals surface area contributed by atoms with Gasteiger partial charge in [0.25, 0.3) is 0 Å². The van der Waals surface area contributed by atoms with Crippen molar-refractivity contribution < 1.29 is 23.7 Å². The number of para-hydroxylation sites is 2. The maximum atomic E-state index is 14.5. The Bertz CT molecular complexity index is 2680. The number of hydrogen-bond acceptors (Lipinski definition) is 5. The van der Waals surface area contributed by atoms with Crippen LogP contribution in [0.3, 0.4) is 0 Å². The highest BCUT2D eigenvalue weighted by molar-refractivity contribution is 7.67. The Hall–Kier alpha value is -6.16. The van der Waals surface area contributed by atoms with Gasteiger partial charge in [-0.25, -0.2) is 0 Å². The number of methoxy groups -OCH3 is 4. The van der Waals surface area contributed by atoms with Gasteiger partial charge in [0.05, 0.1) is 28.4 Å². The molecule has 0 amide bonds. The fourth-order valence-electron chi connectivity index (χ4n) is 10.6. The van der Waals surface area contributed by atoms with E-state index in [4.69, 9.17) is 18.9 Å². The molecule has 0 bridgehead atoms. The molecule has 7 aromatic carbocycles. The number of carbonyl (C=O) groups excluding carboxylic acids is 1. The minimum atomic E-state index is -1.18. The molecular weight excluding hydrogens is 868 g/mol. The molecule has 1 aliphatic rings. The molecular formula is C63H69O5P. The summed E-state index contributed by atoms with van der Waals surface area (Å²) in [5.41, 5.74) is 16.9. The maximum Gasteiger partial charge on any atom is 0.134 e. The van der Waals surface area contributed by atoms with Crippen LogP contribution < -0.4 is 24.3 Å². The van der Waals surface area contributed by atoms with Crippen LogP contribution in [0.25, 0.3) is 44.5 Å². The van der Waals surface area contributed by atoms with Gasteiger partial charge in [-0.1, -0.05) is 166 Å². The summed E-state index contributed by atoms with van der Waals surface area (Å²) >= 11 is 0. The zero-order chi connectivity index (χ0) is 49.1. The Kier molecular flexibility index (Phi) is 15.2. The number of ketones is 1. The lowest BCUT2D eigenvalue weighted by Gasteiger charge is -2.42. The average molecular weight is 937 g/mol.